The number of halogens is 1. The van der Waals surface area contributed by atoms with E-state index in [1.165, 1.54) is 11.1 Å². The van der Waals surface area contributed by atoms with E-state index in [0.29, 0.717) is 6.04 Å². The van der Waals surface area contributed by atoms with Crippen molar-refractivity contribution >= 4 is 21.6 Å². The van der Waals surface area contributed by atoms with E-state index < -0.39 is 0 Å². The van der Waals surface area contributed by atoms with Crippen molar-refractivity contribution in [2.75, 3.05) is 12.4 Å². The maximum Gasteiger partial charge on any atom is 0.118 e. The van der Waals surface area contributed by atoms with Crippen molar-refractivity contribution in [2.45, 2.75) is 32.7 Å². The Morgan fingerprint density at radius 3 is 2.52 bits per heavy atom. The molecule has 0 bridgehead atoms. The molecule has 0 amide bonds. The molecule has 0 heterocycles. The summed E-state index contributed by atoms with van der Waals surface area (Å²) in [5.74, 6) is 0.911. The smallest absolute Gasteiger partial charge is 0.118 e. The van der Waals surface area contributed by atoms with Gasteiger partial charge in [-0.25, -0.2) is 0 Å². The molecule has 0 spiro atoms. The molecule has 2 aromatic carbocycles. The van der Waals surface area contributed by atoms with Gasteiger partial charge in [0.25, 0.3) is 0 Å². The monoisotopic (exact) mass is 347 g/mol. The van der Waals surface area contributed by atoms with E-state index in [0.717, 1.165) is 28.8 Å². The van der Waals surface area contributed by atoms with Crippen molar-refractivity contribution < 1.29 is 4.74 Å². The number of rotatable bonds is 6. The summed E-state index contributed by atoms with van der Waals surface area (Å²) in [5, 5.41) is 3.57. The topological polar surface area (TPSA) is 21.3 Å². The van der Waals surface area contributed by atoms with Crippen molar-refractivity contribution in [1.29, 1.82) is 0 Å². The number of benzene rings is 2. The van der Waals surface area contributed by atoms with Crippen LogP contribution < -0.4 is 10.1 Å². The summed E-state index contributed by atoms with van der Waals surface area (Å²) < 4.78 is 6.30. The Hall–Kier alpha value is -1.48. The van der Waals surface area contributed by atoms with Crippen LogP contribution in [0.3, 0.4) is 0 Å². The third kappa shape index (κ3) is 4.78. The van der Waals surface area contributed by atoms with Gasteiger partial charge in [0.15, 0.2) is 0 Å². The minimum absolute atomic E-state index is 0.421. The normalized spacial score (nSPS) is 12.0. The van der Waals surface area contributed by atoms with Crippen LogP contribution in [0, 0.1) is 6.92 Å². The molecule has 1 N–H and O–H groups in total. The number of ether oxygens (including phenoxy) is 1. The highest BCUT2D eigenvalue weighted by Crippen LogP contribution is 2.24. The van der Waals surface area contributed by atoms with E-state index in [1.54, 1.807) is 7.11 Å². The van der Waals surface area contributed by atoms with Crippen molar-refractivity contribution in [2.24, 2.45) is 0 Å². The van der Waals surface area contributed by atoms with Crippen molar-refractivity contribution in [1.82, 2.24) is 0 Å². The molecule has 0 fully saturated rings. The van der Waals surface area contributed by atoms with Gasteiger partial charge in [0.1, 0.15) is 5.75 Å². The van der Waals surface area contributed by atoms with E-state index >= 15 is 0 Å². The SMILES string of the molecule is COc1ccc(CCC(C)Nc2cc(C)ccc2Br)cc1. The average molecular weight is 348 g/mol. The summed E-state index contributed by atoms with van der Waals surface area (Å²) in [7, 11) is 1.70. The summed E-state index contributed by atoms with van der Waals surface area (Å²) in [6.07, 6.45) is 2.15. The predicted molar refractivity (Wildman–Crippen MR) is 93.3 cm³/mol. The summed E-state index contributed by atoms with van der Waals surface area (Å²) in [4.78, 5) is 0. The van der Waals surface area contributed by atoms with Gasteiger partial charge in [-0.05, 0) is 78.0 Å². The van der Waals surface area contributed by atoms with E-state index in [2.05, 4.69) is 65.4 Å². The van der Waals surface area contributed by atoms with Crippen LogP contribution in [-0.2, 0) is 6.42 Å². The van der Waals surface area contributed by atoms with Gasteiger partial charge in [0.2, 0.25) is 0 Å². The van der Waals surface area contributed by atoms with Crippen molar-refractivity contribution in [3.05, 3.63) is 58.1 Å². The molecular formula is C18H22BrNO. The van der Waals surface area contributed by atoms with Gasteiger partial charge < -0.3 is 10.1 Å². The zero-order valence-corrected chi connectivity index (χ0v) is 14.4. The van der Waals surface area contributed by atoms with Gasteiger partial charge in [-0.3, -0.25) is 0 Å². The molecule has 0 aliphatic heterocycles. The lowest BCUT2D eigenvalue weighted by Gasteiger charge is -2.17. The minimum Gasteiger partial charge on any atom is -0.497 e. The Morgan fingerprint density at radius 1 is 1.14 bits per heavy atom. The molecule has 0 aliphatic rings. The van der Waals surface area contributed by atoms with Crippen molar-refractivity contribution in [3.63, 3.8) is 0 Å². The molecule has 0 saturated carbocycles. The zero-order valence-electron chi connectivity index (χ0n) is 12.8. The van der Waals surface area contributed by atoms with Crippen LogP contribution >= 0.6 is 15.9 Å². The fraction of sp³-hybridized carbons (Fsp3) is 0.333. The molecule has 0 aliphatic carbocycles. The lowest BCUT2D eigenvalue weighted by atomic mass is 10.1. The van der Waals surface area contributed by atoms with E-state index in [-0.39, 0.29) is 0 Å². The first kappa shape index (κ1) is 15.9. The van der Waals surface area contributed by atoms with E-state index in [4.69, 9.17) is 4.74 Å². The lowest BCUT2D eigenvalue weighted by Crippen LogP contribution is -2.16. The quantitative estimate of drug-likeness (QED) is 0.775. The second-order valence-corrected chi connectivity index (χ2v) is 6.27. The molecule has 1 atom stereocenters. The summed E-state index contributed by atoms with van der Waals surface area (Å²) in [5.41, 5.74) is 3.77. The second kappa shape index (κ2) is 7.51. The minimum atomic E-state index is 0.421. The van der Waals surface area contributed by atoms with Crippen LogP contribution in [0.25, 0.3) is 0 Å². The van der Waals surface area contributed by atoms with Gasteiger partial charge in [0.05, 0.1) is 7.11 Å². The molecule has 1 unspecified atom stereocenters. The summed E-state index contributed by atoms with van der Waals surface area (Å²) >= 11 is 3.59. The Labute approximate surface area is 135 Å². The summed E-state index contributed by atoms with van der Waals surface area (Å²) in [6, 6.07) is 15.1. The molecular weight excluding hydrogens is 326 g/mol. The average Bonchev–Trinajstić information content (AvgIpc) is 2.49. The predicted octanol–water partition coefficient (Wildman–Crippen LogP) is 5.20. The summed E-state index contributed by atoms with van der Waals surface area (Å²) in [6.45, 7) is 4.33. The fourth-order valence-electron chi connectivity index (χ4n) is 2.26. The van der Waals surface area contributed by atoms with Crippen molar-refractivity contribution in [3.8, 4) is 5.75 Å². The Kier molecular flexibility index (Phi) is 5.68. The number of aryl methyl sites for hydroxylation is 2. The van der Waals surface area contributed by atoms with Crippen LogP contribution in [-0.4, -0.2) is 13.2 Å². The highest BCUT2D eigenvalue weighted by atomic mass is 79.9. The van der Waals surface area contributed by atoms with Crippen LogP contribution in [0.4, 0.5) is 5.69 Å². The molecule has 0 saturated heterocycles. The van der Waals surface area contributed by atoms with Crippen LogP contribution in [0.15, 0.2) is 46.9 Å². The van der Waals surface area contributed by atoms with Crippen LogP contribution in [0.5, 0.6) is 5.75 Å². The Bertz CT molecular complexity index is 580. The largest absolute Gasteiger partial charge is 0.497 e. The standard InChI is InChI=1S/C18H22BrNO/c1-13-4-11-17(19)18(12-13)20-14(2)5-6-15-7-9-16(21-3)10-8-15/h4,7-12,14,20H,5-6H2,1-3H3. The number of methoxy groups -OCH3 is 1. The molecule has 2 aromatic rings. The number of anilines is 1. The first-order chi connectivity index (χ1) is 10.1. The Balaban J connectivity index is 1.89. The Morgan fingerprint density at radius 2 is 1.86 bits per heavy atom. The first-order valence-corrected chi connectivity index (χ1v) is 8.03. The number of hydrogen-bond acceptors (Lipinski definition) is 2. The molecule has 112 valence electrons. The number of hydrogen-bond donors (Lipinski definition) is 1. The molecule has 3 heteroatoms. The zero-order chi connectivity index (χ0) is 15.2. The maximum absolute atomic E-state index is 5.18. The lowest BCUT2D eigenvalue weighted by molar-refractivity contribution is 0.414. The van der Waals surface area contributed by atoms with Gasteiger partial charge in [0, 0.05) is 16.2 Å². The number of nitrogens with one attached hydrogen (secondary N) is 1. The molecule has 0 radical (unpaired) electrons. The highest BCUT2D eigenvalue weighted by molar-refractivity contribution is 9.10. The van der Waals surface area contributed by atoms with E-state index in [9.17, 15) is 0 Å². The molecule has 2 nitrogen and oxygen atoms in total. The fourth-order valence-corrected chi connectivity index (χ4v) is 2.62. The second-order valence-electron chi connectivity index (χ2n) is 5.42. The van der Waals surface area contributed by atoms with Gasteiger partial charge in [-0.1, -0.05) is 18.2 Å². The van der Waals surface area contributed by atoms with Crippen LogP contribution in [0.1, 0.15) is 24.5 Å². The van der Waals surface area contributed by atoms with Gasteiger partial charge >= 0.3 is 0 Å². The first-order valence-electron chi connectivity index (χ1n) is 7.24. The van der Waals surface area contributed by atoms with Gasteiger partial charge in [-0.2, -0.15) is 0 Å². The third-order valence-corrected chi connectivity index (χ3v) is 4.24. The molecule has 2 rings (SSSR count). The van der Waals surface area contributed by atoms with Crippen LogP contribution in [0.2, 0.25) is 0 Å². The van der Waals surface area contributed by atoms with Gasteiger partial charge in [-0.15, -0.1) is 0 Å². The van der Waals surface area contributed by atoms with E-state index in [1.807, 2.05) is 12.1 Å². The maximum atomic E-state index is 5.18. The third-order valence-electron chi connectivity index (χ3n) is 3.55. The molecule has 21 heavy (non-hydrogen) atoms. The highest BCUT2D eigenvalue weighted by Gasteiger charge is 2.06. The molecule has 0 aromatic heterocycles.